The van der Waals surface area contributed by atoms with E-state index in [1.807, 2.05) is 0 Å². The van der Waals surface area contributed by atoms with Gasteiger partial charge in [-0.15, -0.1) is 0 Å². The SMILES string of the molecule is [Ru][N](CCP(c1ccccc1)c1ccccc1)CCP(c1ccccc1)c1ccccc1. The molecule has 0 bridgehead atoms. The monoisotopic (exact) mass is 542 g/mol. The van der Waals surface area contributed by atoms with Crippen molar-refractivity contribution >= 4 is 37.1 Å². The number of rotatable bonds is 10. The Balaban J connectivity index is 1.42. The molecule has 0 radical (unpaired) electrons. The van der Waals surface area contributed by atoms with E-state index in [1.165, 1.54) is 33.5 Å². The molecule has 0 aliphatic carbocycles. The van der Waals surface area contributed by atoms with Crippen molar-refractivity contribution in [2.45, 2.75) is 0 Å². The minimum atomic E-state index is -0.345. The summed E-state index contributed by atoms with van der Waals surface area (Å²) in [5.41, 5.74) is 0. The zero-order valence-electron chi connectivity index (χ0n) is 18.1. The van der Waals surface area contributed by atoms with Gasteiger partial charge in [0.2, 0.25) is 0 Å². The van der Waals surface area contributed by atoms with Crippen molar-refractivity contribution in [1.82, 2.24) is 3.64 Å². The molecule has 0 heterocycles. The molecule has 1 nitrogen and oxygen atoms in total. The van der Waals surface area contributed by atoms with Gasteiger partial charge in [-0.25, -0.2) is 0 Å². The molecule has 0 unspecified atom stereocenters. The van der Waals surface area contributed by atoms with Gasteiger partial charge in [0.15, 0.2) is 0 Å². The quantitative estimate of drug-likeness (QED) is 0.202. The summed E-state index contributed by atoms with van der Waals surface area (Å²) in [6, 6.07) is 44.1. The van der Waals surface area contributed by atoms with Crippen LogP contribution in [0.5, 0.6) is 0 Å². The van der Waals surface area contributed by atoms with E-state index in [0.717, 1.165) is 13.1 Å². The Hall–Kier alpha value is -1.68. The Kier molecular flexibility index (Phi) is 9.20. The predicted octanol–water partition coefficient (Wildman–Crippen LogP) is 5.02. The average molecular weight is 542 g/mol. The van der Waals surface area contributed by atoms with Gasteiger partial charge in [0.25, 0.3) is 0 Å². The van der Waals surface area contributed by atoms with Crippen LogP contribution in [0.2, 0.25) is 0 Å². The molecule has 0 aromatic heterocycles. The summed E-state index contributed by atoms with van der Waals surface area (Å²) in [7, 11) is -0.689. The van der Waals surface area contributed by atoms with E-state index >= 15 is 0 Å². The Morgan fingerprint density at radius 1 is 0.438 bits per heavy atom. The summed E-state index contributed by atoms with van der Waals surface area (Å²) >= 11 is 2.88. The minimum absolute atomic E-state index is 0.345. The first-order chi connectivity index (χ1) is 15.8. The van der Waals surface area contributed by atoms with Gasteiger partial charge < -0.3 is 0 Å². The molecule has 0 saturated heterocycles. The van der Waals surface area contributed by atoms with Gasteiger partial charge in [-0.2, -0.15) is 0 Å². The Labute approximate surface area is 205 Å². The molecule has 0 N–H and O–H groups in total. The molecular weight excluding hydrogens is 513 g/mol. The molecule has 163 valence electrons. The number of nitrogens with zero attached hydrogens (tertiary/aromatic N) is 1. The van der Waals surface area contributed by atoms with Crippen molar-refractivity contribution in [3.8, 4) is 0 Å². The van der Waals surface area contributed by atoms with Crippen LogP contribution in [0.25, 0.3) is 0 Å². The summed E-state index contributed by atoms with van der Waals surface area (Å²) in [4.78, 5) is 0. The molecule has 4 aromatic rings. The summed E-state index contributed by atoms with van der Waals surface area (Å²) in [5, 5.41) is 5.85. The first-order valence-electron chi connectivity index (χ1n) is 11.0. The third-order valence-corrected chi connectivity index (χ3v) is 11.2. The van der Waals surface area contributed by atoms with Gasteiger partial charge in [-0.1, -0.05) is 0 Å². The Morgan fingerprint density at radius 3 is 0.938 bits per heavy atom. The third-order valence-electron chi connectivity index (χ3n) is 5.39. The third kappa shape index (κ3) is 6.67. The van der Waals surface area contributed by atoms with Crippen LogP contribution in [0.1, 0.15) is 0 Å². The second-order valence-electron chi connectivity index (χ2n) is 7.54. The van der Waals surface area contributed by atoms with Crippen molar-refractivity contribution in [1.29, 1.82) is 0 Å². The topological polar surface area (TPSA) is 3.24 Å². The van der Waals surface area contributed by atoms with Crippen LogP contribution < -0.4 is 21.2 Å². The van der Waals surface area contributed by atoms with E-state index < -0.39 is 0 Å². The van der Waals surface area contributed by atoms with E-state index in [4.69, 9.17) is 0 Å². The fraction of sp³-hybridized carbons (Fsp3) is 0.143. The van der Waals surface area contributed by atoms with Crippen molar-refractivity contribution in [2.75, 3.05) is 25.4 Å². The molecule has 0 aliphatic heterocycles. The van der Waals surface area contributed by atoms with Gasteiger partial charge in [0.1, 0.15) is 0 Å². The molecule has 4 aromatic carbocycles. The van der Waals surface area contributed by atoms with Crippen LogP contribution in [-0.4, -0.2) is 29.1 Å². The molecule has 0 spiro atoms. The Morgan fingerprint density at radius 2 is 0.688 bits per heavy atom. The molecule has 0 saturated carbocycles. The van der Waals surface area contributed by atoms with Gasteiger partial charge >= 0.3 is 206 Å². The first kappa shape index (κ1) is 23.5. The van der Waals surface area contributed by atoms with Crippen molar-refractivity contribution in [2.24, 2.45) is 0 Å². The zero-order chi connectivity index (χ0) is 22.0. The molecule has 0 atom stereocenters. The van der Waals surface area contributed by atoms with E-state index in [2.05, 4.69) is 144 Å². The average Bonchev–Trinajstić information content (AvgIpc) is 2.87. The van der Waals surface area contributed by atoms with E-state index in [-0.39, 0.29) is 15.8 Å². The second kappa shape index (κ2) is 12.5. The fourth-order valence-electron chi connectivity index (χ4n) is 3.77. The number of benzene rings is 4. The molecular formula is C28H28NP2Ru. The van der Waals surface area contributed by atoms with Gasteiger partial charge in [-0.3, -0.25) is 0 Å². The van der Waals surface area contributed by atoms with Crippen LogP contribution in [-0.2, 0) is 18.5 Å². The maximum atomic E-state index is 2.88. The number of hydrogen-bond donors (Lipinski definition) is 0. The number of hydrogen-bond acceptors (Lipinski definition) is 1. The standard InChI is InChI=1S/C28H28NP2.Ru/c1-5-13-25(14-6-1)30(26-15-7-2-8-16-26)23-21-29-22-24-31(27-17-9-3-10-18-27)28-19-11-4-12-20-28;/h1-20H,21-24H2;/q-1;+1. The fourth-order valence-corrected chi connectivity index (χ4v) is 9.39. The normalized spacial score (nSPS) is 11.4. The molecule has 4 heteroatoms. The molecule has 0 amide bonds. The molecule has 0 aliphatic rings. The molecule has 32 heavy (non-hydrogen) atoms. The van der Waals surface area contributed by atoms with Crippen molar-refractivity contribution in [3.05, 3.63) is 121 Å². The molecule has 4 rings (SSSR count). The zero-order valence-corrected chi connectivity index (χ0v) is 21.6. The summed E-state index contributed by atoms with van der Waals surface area (Å²) in [6.45, 7) is 2.16. The van der Waals surface area contributed by atoms with Crippen LogP contribution in [0.3, 0.4) is 0 Å². The Bertz CT molecular complexity index is 880. The van der Waals surface area contributed by atoms with Gasteiger partial charge in [-0.05, 0) is 0 Å². The van der Waals surface area contributed by atoms with Gasteiger partial charge in [0, 0.05) is 0 Å². The predicted molar refractivity (Wildman–Crippen MR) is 139 cm³/mol. The first-order valence-corrected chi connectivity index (χ1v) is 14.8. The summed E-state index contributed by atoms with van der Waals surface area (Å²) in [5.74, 6) is 0. The van der Waals surface area contributed by atoms with E-state index in [0.29, 0.717) is 0 Å². The second-order valence-corrected chi connectivity index (χ2v) is 13.3. The van der Waals surface area contributed by atoms with E-state index in [1.54, 1.807) is 0 Å². The molecule has 0 fully saturated rings. The maximum absolute atomic E-state index is 2.88. The van der Waals surface area contributed by atoms with Crippen LogP contribution in [0.15, 0.2) is 121 Å². The summed E-state index contributed by atoms with van der Waals surface area (Å²) < 4.78 is 2.46. The van der Waals surface area contributed by atoms with Crippen LogP contribution in [0, 0.1) is 0 Å². The van der Waals surface area contributed by atoms with Crippen LogP contribution in [0.4, 0.5) is 0 Å². The summed E-state index contributed by atoms with van der Waals surface area (Å²) in [6.07, 6.45) is 2.34. The van der Waals surface area contributed by atoms with Crippen LogP contribution >= 0.6 is 15.8 Å². The van der Waals surface area contributed by atoms with E-state index in [9.17, 15) is 0 Å². The van der Waals surface area contributed by atoms with Crippen molar-refractivity contribution in [3.63, 3.8) is 0 Å². The van der Waals surface area contributed by atoms with Gasteiger partial charge in [0.05, 0.1) is 0 Å². The van der Waals surface area contributed by atoms with Crippen molar-refractivity contribution < 1.29 is 18.5 Å².